The largest absolute Gasteiger partial charge is 0.460 e. The second-order valence-corrected chi connectivity index (χ2v) is 10.8. The lowest BCUT2D eigenvalue weighted by Crippen LogP contribution is -2.63. The zero-order valence-electron chi connectivity index (χ0n) is 22.0. The van der Waals surface area contributed by atoms with Crippen LogP contribution in [-0.4, -0.2) is 44.5 Å². The Morgan fingerprint density at radius 1 is 0.773 bits per heavy atom. The van der Waals surface area contributed by atoms with Crippen LogP contribution in [0.3, 0.4) is 0 Å². The minimum atomic E-state index is -7.43. The summed E-state index contributed by atoms with van der Waals surface area (Å²) in [6, 6.07) is 12.2. The number of hydrogen-bond acceptors (Lipinski definition) is 5. The molecule has 0 aliphatic rings. The van der Waals surface area contributed by atoms with E-state index in [0.717, 1.165) is 30.3 Å². The average Bonchev–Trinajstić information content (AvgIpc) is 2.93. The molecular formula is C27H20F11NO4S. The Balaban J connectivity index is 1.73. The molecule has 3 rings (SSSR count). The van der Waals surface area contributed by atoms with Crippen molar-refractivity contribution in [3.63, 3.8) is 0 Å². The molecule has 0 bridgehead atoms. The SMILES string of the molecule is CNC(CCC(=O)c1c(F)cccc1F)c1ccc(-c2ccc(OS(=O)(=O)C(F)(F)C(F)(F)C(F)(F)C(F)(F)F)cc2)cc1. The summed E-state index contributed by atoms with van der Waals surface area (Å²) in [6.07, 6.45) is -7.28. The van der Waals surface area contributed by atoms with E-state index in [-0.39, 0.29) is 18.4 Å². The number of Topliss-reactive ketones (excluding diaryl/α,β-unsaturated/α-hetero) is 1. The lowest BCUT2D eigenvalue weighted by atomic mass is 9.96. The topological polar surface area (TPSA) is 72.5 Å². The molecule has 0 radical (unpaired) electrons. The number of alkyl halides is 9. The van der Waals surface area contributed by atoms with Crippen LogP contribution >= 0.6 is 0 Å². The zero-order valence-corrected chi connectivity index (χ0v) is 22.9. The summed E-state index contributed by atoms with van der Waals surface area (Å²) in [4.78, 5) is 12.4. The number of nitrogens with one attached hydrogen (secondary N) is 1. The molecule has 0 amide bonds. The summed E-state index contributed by atoms with van der Waals surface area (Å²) in [7, 11) is -5.51. The fourth-order valence-electron chi connectivity index (χ4n) is 3.95. The number of hydrogen-bond donors (Lipinski definition) is 1. The van der Waals surface area contributed by atoms with E-state index in [4.69, 9.17) is 0 Å². The van der Waals surface area contributed by atoms with Crippen LogP contribution in [0.5, 0.6) is 5.75 Å². The van der Waals surface area contributed by atoms with E-state index < -0.39 is 68.2 Å². The van der Waals surface area contributed by atoms with Gasteiger partial charge in [-0.3, -0.25) is 4.79 Å². The van der Waals surface area contributed by atoms with E-state index >= 15 is 0 Å². The van der Waals surface area contributed by atoms with Crippen molar-refractivity contribution in [1.82, 2.24) is 5.32 Å². The molecule has 44 heavy (non-hydrogen) atoms. The molecule has 0 saturated carbocycles. The fraction of sp³-hybridized carbons (Fsp3) is 0.296. The van der Waals surface area contributed by atoms with E-state index in [1.807, 2.05) is 0 Å². The maximum atomic E-state index is 13.9. The van der Waals surface area contributed by atoms with Crippen LogP contribution in [0.15, 0.2) is 66.7 Å². The molecule has 240 valence electrons. The third kappa shape index (κ3) is 6.52. The summed E-state index contributed by atoms with van der Waals surface area (Å²) in [6.45, 7) is 0. The first-order chi connectivity index (χ1) is 20.2. The Bertz CT molecular complexity index is 1570. The third-order valence-corrected chi connectivity index (χ3v) is 7.68. The van der Waals surface area contributed by atoms with Gasteiger partial charge in [0, 0.05) is 12.5 Å². The van der Waals surface area contributed by atoms with E-state index in [1.165, 1.54) is 12.1 Å². The van der Waals surface area contributed by atoms with Crippen molar-refractivity contribution in [3.05, 3.63) is 89.5 Å². The molecule has 0 fully saturated rings. The van der Waals surface area contributed by atoms with Crippen molar-refractivity contribution in [3.8, 4) is 16.9 Å². The minimum absolute atomic E-state index is 0.140. The maximum Gasteiger partial charge on any atom is 0.460 e. The van der Waals surface area contributed by atoms with Gasteiger partial charge in [-0.25, -0.2) is 8.78 Å². The first kappa shape index (κ1) is 34.8. The highest BCUT2D eigenvalue weighted by Gasteiger charge is 2.86. The third-order valence-electron chi connectivity index (χ3n) is 6.39. The fourth-order valence-corrected chi connectivity index (χ4v) is 4.86. The average molecular weight is 664 g/mol. The summed E-state index contributed by atoms with van der Waals surface area (Å²) in [5, 5.41) is -4.05. The Morgan fingerprint density at radius 3 is 1.70 bits per heavy atom. The van der Waals surface area contributed by atoms with Crippen molar-refractivity contribution in [2.45, 2.75) is 42.2 Å². The van der Waals surface area contributed by atoms with E-state index in [0.29, 0.717) is 23.3 Å². The quantitative estimate of drug-likeness (QED) is 0.122. The van der Waals surface area contributed by atoms with Gasteiger partial charge in [0.05, 0.1) is 5.56 Å². The predicted molar refractivity (Wildman–Crippen MR) is 134 cm³/mol. The van der Waals surface area contributed by atoms with Crippen LogP contribution in [0.4, 0.5) is 48.3 Å². The van der Waals surface area contributed by atoms with Crippen molar-refractivity contribution in [2.24, 2.45) is 0 Å². The van der Waals surface area contributed by atoms with Crippen LogP contribution in [-0.2, 0) is 10.1 Å². The molecule has 5 nitrogen and oxygen atoms in total. The minimum Gasteiger partial charge on any atom is -0.378 e. The Morgan fingerprint density at radius 2 is 1.25 bits per heavy atom. The molecule has 0 spiro atoms. The number of benzene rings is 3. The number of rotatable bonds is 12. The van der Waals surface area contributed by atoms with Gasteiger partial charge in [-0.05, 0) is 54.4 Å². The molecule has 0 aliphatic carbocycles. The molecule has 3 aromatic carbocycles. The number of ketones is 1. The van der Waals surface area contributed by atoms with Crippen LogP contribution in [0.25, 0.3) is 11.1 Å². The van der Waals surface area contributed by atoms with Crippen LogP contribution in [0.2, 0.25) is 0 Å². The standard InChI is InChI=1S/C27H20F11NO4S/c1-39-21(13-14-22(40)23-19(28)3-2-4-20(23)29)17-7-5-15(6-8-17)16-9-11-18(12-10-16)43-44(41,42)27(37,38)25(32,33)24(30,31)26(34,35)36/h2-12,21,39H,13-14H2,1H3. The molecule has 1 unspecified atom stereocenters. The van der Waals surface area contributed by atoms with Gasteiger partial charge in [0.25, 0.3) is 0 Å². The van der Waals surface area contributed by atoms with Crippen LogP contribution < -0.4 is 9.50 Å². The van der Waals surface area contributed by atoms with Crippen molar-refractivity contribution in [1.29, 1.82) is 0 Å². The predicted octanol–water partition coefficient (Wildman–Crippen LogP) is 7.69. The molecule has 1 N–H and O–H groups in total. The van der Waals surface area contributed by atoms with Gasteiger partial charge >= 0.3 is 33.4 Å². The first-order valence-electron chi connectivity index (χ1n) is 12.2. The van der Waals surface area contributed by atoms with Gasteiger partial charge in [-0.2, -0.15) is 47.9 Å². The monoisotopic (exact) mass is 663 g/mol. The Kier molecular flexibility index (Phi) is 9.75. The highest BCUT2D eigenvalue weighted by molar-refractivity contribution is 7.88. The van der Waals surface area contributed by atoms with Gasteiger partial charge in [-0.15, -0.1) is 0 Å². The lowest BCUT2D eigenvalue weighted by molar-refractivity contribution is -0.382. The van der Waals surface area contributed by atoms with Crippen molar-refractivity contribution in [2.75, 3.05) is 7.05 Å². The second-order valence-electron chi connectivity index (χ2n) is 9.25. The highest BCUT2D eigenvalue weighted by Crippen LogP contribution is 2.55. The highest BCUT2D eigenvalue weighted by atomic mass is 32.2. The second kappa shape index (κ2) is 12.3. The molecule has 17 heteroatoms. The zero-order chi connectivity index (χ0) is 33.3. The molecular weight excluding hydrogens is 643 g/mol. The van der Waals surface area contributed by atoms with E-state index in [2.05, 4.69) is 9.50 Å². The van der Waals surface area contributed by atoms with Gasteiger partial charge in [0.2, 0.25) is 0 Å². The van der Waals surface area contributed by atoms with Crippen molar-refractivity contribution >= 4 is 15.9 Å². The smallest absolute Gasteiger partial charge is 0.378 e. The number of carbonyl (C=O) groups is 1. The van der Waals surface area contributed by atoms with Gasteiger partial charge < -0.3 is 9.50 Å². The van der Waals surface area contributed by atoms with E-state index in [9.17, 15) is 61.5 Å². The van der Waals surface area contributed by atoms with Gasteiger partial charge in [-0.1, -0.05) is 42.5 Å². The Hall–Kier alpha value is -3.73. The molecule has 1 atom stereocenters. The van der Waals surface area contributed by atoms with Crippen LogP contribution in [0, 0.1) is 11.6 Å². The van der Waals surface area contributed by atoms with Gasteiger partial charge in [0.15, 0.2) is 5.78 Å². The van der Waals surface area contributed by atoms with Gasteiger partial charge in [0.1, 0.15) is 17.4 Å². The number of carbonyl (C=O) groups excluding carboxylic acids is 1. The van der Waals surface area contributed by atoms with Crippen LogP contribution in [0.1, 0.15) is 34.8 Å². The lowest BCUT2D eigenvalue weighted by Gasteiger charge is -2.32. The summed E-state index contributed by atoms with van der Waals surface area (Å²) < 4.78 is 173. The Labute approximate surface area is 242 Å². The molecule has 0 aromatic heterocycles. The first-order valence-corrected chi connectivity index (χ1v) is 13.6. The summed E-state index contributed by atoms with van der Waals surface area (Å²) in [5.74, 6) is -18.7. The maximum absolute atomic E-state index is 13.9. The van der Waals surface area contributed by atoms with Crippen molar-refractivity contribution < 1.29 is 65.7 Å². The summed E-state index contributed by atoms with van der Waals surface area (Å²) >= 11 is 0. The molecule has 0 heterocycles. The summed E-state index contributed by atoms with van der Waals surface area (Å²) in [5.41, 5.74) is 0.662. The number of halogens is 11. The van der Waals surface area contributed by atoms with E-state index in [1.54, 1.807) is 19.2 Å². The normalized spacial score (nSPS) is 13.9. The molecule has 3 aromatic rings. The molecule has 0 aliphatic heterocycles. The molecule has 0 saturated heterocycles.